The number of aliphatic hydroxyl groups excluding tert-OH is 3. The minimum absolute atomic E-state index is 0.0157. The largest absolute Gasteiger partial charge is 0.394 e. The van der Waals surface area contributed by atoms with Crippen LogP contribution in [0.2, 0.25) is 0 Å². The van der Waals surface area contributed by atoms with Crippen molar-refractivity contribution in [3.63, 3.8) is 0 Å². The van der Waals surface area contributed by atoms with E-state index < -0.39 is 24.1 Å². The standard InChI is InChI=1S/C10H20O6/c1-3-15-10(16-4-2)6-14-7(5-11)8(12)9(10)13/h7-9,11-13H,3-6H2,1-2H3. The Labute approximate surface area is 94.7 Å². The zero-order valence-corrected chi connectivity index (χ0v) is 9.63. The van der Waals surface area contributed by atoms with E-state index >= 15 is 0 Å². The Morgan fingerprint density at radius 2 is 1.81 bits per heavy atom. The van der Waals surface area contributed by atoms with Crippen LogP contribution in [0, 0.1) is 0 Å². The molecule has 0 spiro atoms. The highest BCUT2D eigenvalue weighted by molar-refractivity contribution is 4.93. The summed E-state index contributed by atoms with van der Waals surface area (Å²) in [6.07, 6.45) is -3.26. The smallest absolute Gasteiger partial charge is 0.221 e. The molecule has 1 aliphatic heterocycles. The minimum atomic E-state index is -1.34. The Kier molecular flexibility index (Phi) is 5.10. The summed E-state index contributed by atoms with van der Waals surface area (Å²) in [7, 11) is 0. The highest BCUT2D eigenvalue weighted by atomic mass is 16.7. The van der Waals surface area contributed by atoms with Gasteiger partial charge in [0.15, 0.2) is 0 Å². The van der Waals surface area contributed by atoms with Gasteiger partial charge in [0.05, 0.1) is 6.61 Å². The van der Waals surface area contributed by atoms with Gasteiger partial charge >= 0.3 is 0 Å². The topological polar surface area (TPSA) is 88.4 Å². The predicted molar refractivity (Wildman–Crippen MR) is 54.8 cm³/mol. The minimum Gasteiger partial charge on any atom is -0.394 e. The fraction of sp³-hybridized carbons (Fsp3) is 1.00. The van der Waals surface area contributed by atoms with Crippen molar-refractivity contribution < 1.29 is 29.5 Å². The molecule has 0 aromatic rings. The number of rotatable bonds is 5. The lowest BCUT2D eigenvalue weighted by Gasteiger charge is -2.45. The van der Waals surface area contributed by atoms with Gasteiger partial charge in [-0.05, 0) is 13.8 Å². The molecule has 1 heterocycles. The Morgan fingerprint density at radius 1 is 1.25 bits per heavy atom. The molecule has 1 fully saturated rings. The van der Waals surface area contributed by atoms with E-state index in [0.29, 0.717) is 13.2 Å². The Bertz CT molecular complexity index is 203. The van der Waals surface area contributed by atoms with E-state index in [9.17, 15) is 10.2 Å². The molecule has 6 nitrogen and oxygen atoms in total. The van der Waals surface area contributed by atoms with E-state index in [2.05, 4.69) is 0 Å². The molecule has 0 amide bonds. The molecule has 3 unspecified atom stereocenters. The molecule has 1 aliphatic rings. The average molecular weight is 236 g/mol. The van der Waals surface area contributed by atoms with Crippen LogP contribution >= 0.6 is 0 Å². The summed E-state index contributed by atoms with van der Waals surface area (Å²) in [5.74, 6) is -1.34. The van der Waals surface area contributed by atoms with Gasteiger partial charge in [-0.15, -0.1) is 0 Å². The molecule has 0 radical (unpaired) electrons. The van der Waals surface area contributed by atoms with Gasteiger partial charge in [0.2, 0.25) is 5.79 Å². The van der Waals surface area contributed by atoms with Crippen LogP contribution in [0.4, 0.5) is 0 Å². The van der Waals surface area contributed by atoms with Crippen LogP contribution in [-0.4, -0.2) is 65.8 Å². The first-order valence-corrected chi connectivity index (χ1v) is 5.47. The van der Waals surface area contributed by atoms with Gasteiger partial charge in [-0.1, -0.05) is 0 Å². The van der Waals surface area contributed by atoms with E-state index in [1.807, 2.05) is 0 Å². The highest BCUT2D eigenvalue weighted by Crippen LogP contribution is 2.29. The number of ether oxygens (including phenoxy) is 3. The first kappa shape index (κ1) is 13.8. The van der Waals surface area contributed by atoms with Gasteiger partial charge in [0.1, 0.15) is 24.9 Å². The molecule has 1 rings (SSSR count). The summed E-state index contributed by atoms with van der Waals surface area (Å²) in [4.78, 5) is 0. The summed E-state index contributed by atoms with van der Waals surface area (Å²) in [6.45, 7) is 3.81. The van der Waals surface area contributed by atoms with E-state index in [1.165, 1.54) is 0 Å². The van der Waals surface area contributed by atoms with Crippen LogP contribution in [0.1, 0.15) is 13.8 Å². The monoisotopic (exact) mass is 236 g/mol. The molecule has 3 N–H and O–H groups in total. The summed E-state index contributed by atoms with van der Waals surface area (Å²) in [5.41, 5.74) is 0. The highest BCUT2D eigenvalue weighted by Gasteiger charge is 2.51. The van der Waals surface area contributed by atoms with Crippen molar-refractivity contribution in [1.82, 2.24) is 0 Å². The molecular formula is C10H20O6. The maximum absolute atomic E-state index is 9.96. The number of hydrogen-bond donors (Lipinski definition) is 3. The predicted octanol–water partition coefficient (Wildman–Crippen LogP) is -1.13. The quantitative estimate of drug-likeness (QED) is 0.523. The fourth-order valence-electron chi connectivity index (χ4n) is 1.82. The third-order valence-electron chi connectivity index (χ3n) is 2.61. The molecule has 0 bridgehead atoms. The average Bonchev–Trinajstić information content (AvgIpc) is 2.27. The second-order valence-corrected chi connectivity index (χ2v) is 3.65. The second-order valence-electron chi connectivity index (χ2n) is 3.65. The van der Waals surface area contributed by atoms with Gasteiger partial charge in [-0.2, -0.15) is 0 Å². The lowest BCUT2D eigenvalue weighted by Crippen LogP contribution is -2.64. The van der Waals surface area contributed by atoms with Crippen LogP contribution in [0.5, 0.6) is 0 Å². The van der Waals surface area contributed by atoms with Crippen molar-refractivity contribution in [3.8, 4) is 0 Å². The van der Waals surface area contributed by atoms with E-state index in [-0.39, 0.29) is 13.2 Å². The summed E-state index contributed by atoms with van der Waals surface area (Å²) in [5, 5.41) is 28.6. The zero-order chi connectivity index (χ0) is 12.2. The molecule has 6 heteroatoms. The third kappa shape index (κ3) is 2.53. The van der Waals surface area contributed by atoms with Crippen molar-refractivity contribution in [3.05, 3.63) is 0 Å². The van der Waals surface area contributed by atoms with Crippen molar-refractivity contribution >= 4 is 0 Å². The van der Waals surface area contributed by atoms with Crippen molar-refractivity contribution in [2.45, 2.75) is 37.9 Å². The van der Waals surface area contributed by atoms with Gasteiger partial charge < -0.3 is 29.5 Å². The second kappa shape index (κ2) is 5.90. The first-order chi connectivity index (χ1) is 7.61. The van der Waals surface area contributed by atoms with Crippen molar-refractivity contribution in [2.24, 2.45) is 0 Å². The molecule has 0 aliphatic carbocycles. The number of aliphatic hydroxyl groups is 3. The summed E-state index contributed by atoms with van der Waals surface area (Å²) < 4.78 is 15.9. The van der Waals surface area contributed by atoms with Gasteiger partial charge in [-0.25, -0.2) is 0 Å². The van der Waals surface area contributed by atoms with E-state index in [0.717, 1.165) is 0 Å². The van der Waals surface area contributed by atoms with E-state index in [4.69, 9.17) is 19.3 Å². The molecule has 3 atom stereocenters. The van der Waals surface area contributed by atoms with Crippen LogP contribution < -0.4 is 0 Å². The van der Waals surface area contributed by atoms with E-state index in [1.54, 1.807) is 13.8 Å². The Hall–Kier alpha value is -0.240. The van der Waals surface area contributed by atoms with Crippen LogP contribution in [0.25, 0.3) is 0 Å². The molecule has 0 aromatic heterocycles. The van der Waals surface area contributed by atoms with Crippen LogP contribution in [-0.2, 0) is 14.2 Å². The molecule has 96 valence electrons. The van der Waals surface area contributed by atoms with Gasteiger partial charge in [0, 0.05) is 13.2 Å². The molecule has 0 aromatic carbocycles. The molecule has 1 saturated heterocycles. The van der Waals surface area contributed by atoms with Crippen LogP contribution in [0.3, 0.4) is 0 Å². The molecular weight excluding hydrogens is 216 g/mol. The Balaban J connectivity index is 2.78. The number of hydrogen-bond acceptors (Lipinski definition) is 6. The van der Waals surface area contributed by atoms with Gasteiger partial charge in [0.25, 0.3) is 0 Å². The lowest BCUT2D eigenvalue weighted by atomic mass is 9.97. The molecule has 16 heavy (non-hydrogen) atoms. The zero-order valence-electron chi connectivity index (χ0n) is 9.63. The SMILES string of the molecule is CCOC1(OCC)COC(CO)C(O)C1O. The molecule has 0 saturated carbocycles. The summed E-state index contributed by atoms with van der Waals surface area (Å²) in [6, 6.07) is 0. The van der Waals surface area contributed by atoms with Crippen molar-refractivity contribution in [2.75, 3.05) is 26.4 Å². The first-order valence-electron chi connectivity index (χ1n) is 5.47. The lowest BCUT2D eigenvalue weighted by molar-refractivity contribution is -0.351. The van der Waals surface area contributed by atoms with Gasteiger partial charge in [-0.3, -0.25) is 0 Å². The fourth-order valence-corrected chi connectivity index (χ4v) is 1.82. The third-order valence-corrected chi connectivity index (χ3v) is 2.61. The van der Waals surface area contributed by atoms with Crippen molar-refractivity contribution in [1.29, 1.82) is 0 Å². The normalized spacial score (nSPS) is 33.9. The summed E-state index contributed by atoms with van der Waals surface area (Å²) >= 11 is 0. The maximum atomic E-state index is 9.96. The Morgan fingerprint density at radius 3 is 2.25 bits per heavy atom. The maximum Gasteiger partial charge on any atom is 0.221 e. The van der Waals surface area contributed by atoms with Crippen LogP contribution in [0.15, 0.2) is 0 Å².